The summed E-state index contributed by atoms with van der Waals surface area (Å²) < 4.78 is 13.4. The molecule has 9 nitrogen and oxygen atoms in total. The Morgan fingerprint density at radius 1 is 1.21 bits per heavy atom. The maximum absolute atomic E-state index is 12.5. The van der Waals surface area contributed by atoms with E-state index >= 15 is 0 Å². The van der Waals surface area contributed by atoms with E-state index in [0.29, 0.717) is 13.0 Å². The van der Waals surface area contributed by atoms with Crippen LogP contribution in [-0.2, 0) is 16.1 Å². The van der Waals surface area contributed by atoms with Crippen LogP contribution in [0.4, 0.5) is 0 Å². The maximum Gasteiger partial charge on any atom is 0.221 e. The third-order valence-corrected chi connectivity index (χ3v) is 6.85. The molecule has 1 aromatic heterocycles. The SMILES string of the molecule is COc1ccccc1-c1cn(CC[C@@H]2CC[C@H](NC(=O)CCN3CCCCC3)[C@H](CO)O2)nn1. The molecule has 2 aliphatic rings. The van der Waals surface area contributed by atoms with E-state index in [1.54, 1.807) is 7.11 Å². The van der Waals surface area contributed by atoms with E-state index in [2.05, 4.69) is 20.5 Å². The number of piperidine rings is 1. The highest BCUT2D eigenvalue weighted by molar-refractivity contribution is 5.76. The van der Waals surface area contributed by atoms with Gasteiger partial charge in [0.05, 0.1) is 32.1 Å². The minimum Gasteiger partial charge on any atom is -0.496 e. The monoisotopic (exact) mass is 471 g/mol. The molecule has 1 amide bonds. The predicted octanol–water partition coefficient (Wildman–Crippen LogP) is 2.24. The van der Waals surface area contributed by atoms with E-state index in [4.69, 9.17) is 9.47 Å². The van der Waals surface area contributed by atoms with Gasteiger partial charge in [-0.25, -0.2) is 0 Å². The number of nitrogens with one attached hydrogen (secondary N) is 1. The Balaban J connectivity index is 1.22. The molecule has 0 radical (unpaired) electrons. The molecule has 34 heavy (non-hydrogen) atoms. The smallest absolute Gasteiger partial charge is 0.221 e. The molecule has 0 saturated carbocycles. The zero-order valence-electron chi connectivity index (χ0n) is 20.1. The lowest BCUT2D eigenvalue weighted by Gasteiger charge is -2.36. The van der Waals surface area contributed by atoms with E-state index in [1.807, 2.05) is 35.1 Å². The number of rotatable bonds is 10. The van der Waals surface area contributed by atoms with Crippen LogP contribution in [-0.4, -0.2) is 82.5 Å². The van der Waals surface area contributed by atoms with Crippen molar-refractivity contribution >= 4 is 5.91 Å². The van der Waals surface area contributed by atoms with Gasteiger partial charge in [0.25, 0.3) is 0 Å². The van der Waals surface area contributed by atoms with E-state index in [1.165, 1.54) is 19.3 Å². The van der Waals surface area contributed by atoms with Gasteiger partial charge < -0.3 is 24.8 Å². The number of nitrogens with zero attached hydrogens (tertiary/aromatic N) is 4. The average molecular weight is 472 g/mol. The fourth-order valence-electron chi connectivity index (χ4n) is 4.89. The number of aromatic nitrogens is 3. The minimum atomic E-state index is -0.377. The molecule has 2 fully saturated rings. The van der Waals surface area contributed by atoms with Crippen LogP contribution < -0.4 is 10.1 Å². The lowest BCUT2D eigenvalue weighted by molar-refractivity contribution is -0.129. The highest BCUT2D eigenvalue weighted by Gasteiger charge is 2.32. The molecule has 4 rings (SSSR count). The summed E-state index contributed by atoms with van der Waals surface area (Å²) in [4.78, 5) is 14.8. The number of amides is 1. The zero-order chi connectivity index (χ0) is 23.8. The molecule has 2 saturated heterocycles. The Hall–Kier alpha value is -2.49. The second-order valence-corrected chi connectivity index (χ2v) is 9.24. The molecule has 0 aliphatic carbocycles. The van der Waals surface area contributed by atoms with Crippen LogP contribution in [0.1, 0.15) is 44.9 Å². The number of aliphatic hydroxyl groups excluding tert-OH is 1. The topological polar surface area (TPSA) is 102 Å². The summed E-state index contributed by atoms with van der Waals surface area (Å²) in [7, 11) is 1.64. The van der Waals surface area contributed by atoms with E-state index in [-0.39, 0.29) is 30.8 Å². The van der Waals surface area contributed by atoms with Gasteiger partial charge >= 0.3 is 0 Å². The van der Waals surface area contributed by atoms with Gasteiger partial charge in [-0.3, -0.25) is 9.48 Å². The fraction of sp³-hybridized carbons (Fsp3) is 0.640. The van der Waals surface area contributed by atoms with Crippen LogP contribution in [0, 0.1) is 0 Å². The first-order chi connectivity index (χ1) is 16.7. The lowest BCUT2D eigenvalue weighted by atomic mass is 9.97. The number of hydrogen-bond donors (Lipinski definition) is 2. The fourth-order valence-corrected chi connectivity index (χ4v) is 4.89. The molecule has 0 bridgehead atoms. The summed E-state index contributed by atoms with van der Waals surface area (Å²) in [5.74, 6) is 0.808. The standard InChI is InChI=1S/C25H37N5O4/c1-33-23-8-4-3-7-20(23)22-17-30(28-27-22)16-11-19-9-10-21(24(18-31)34-19)26-25(32)12-15-29-13-5-2-6-14-29/h3-4,7-8,17,19,21,24,31H,2,5-6,9-16,18H2,1H3,(H,26,32)/t19-,21-,24-/m0/s1. The van der Waals surface area contributed by atoms with Gasteiger partial charge in [-0.2, -0.15) is 0 Å². The maximum atomic E-state index is 12.5. The predicted molar refractivity (Wildman–Crippen MR) is 128 cm³/mol. The third-order valence-electron chi connectivity index (χ3n) is 6.85. The minimum absolute atomic E-state index is 0.0116. The Bertz CT molecular complexity index is 914. The number of carbonyl (C=O) groups is 1. The molecule has 3 atom stereocenters. The van der Waals surface area contributed by atoms with Crippen molar-refractivity contribution in [2.45, 2.75) is 69.7 Å². The first-order valence-electron chi connectivity index (χ1n) is 12.5. The molecule has 2 aromatic rings. The van der Waals surface area contributed by atoms with Gasteiger partial charge in [-0.15, -0.1) is 5.10 Å². The van der Waals surface area contributed by atoms with Gasteiger partial charge in [0.1, 0.15) is 17.5 Å². The summed E-state index contributed by atoms with van der Waals surface area (Å²) in [6.07, 6.45) is 8.19. The number of methoxy groups -OCH3 is 1. The van der Waals surface area contributed by atoms with Crippen LogP contribution in [0.5, 0.6) is 5.75 Å². The van der Waals surface area contributed by atoms with Crippen LogP contribution in [0.15, 0.2) is 30.5 Å². The van der Waals surface area contributed by atoms with Crippen molar-refractivity contribution in [2.75, 3.05) is 33.4 Å². The van der Waals surface area contributed by atoms with Crippen molar-refractivity contribution in [1.82, 2.24) is 25.2 Å². The quantitative estimate of drug-likeness (QED) is 0.548. The number of hydrogen-bond acceptors (Lipinski definition) is 7. The summed E-state index contributed by atoms with van der Waals surface area (Å²) >= 11 is 0. The normalized spacial score (nSPS) is 23.5. The molecular weight excluding hydrogens is 434 g/mol. The van der Waals surface area contributed by atoms with Gasteiger partial charge in [-0.05, 0) is 57.3 Å². The van der Waals surface area contributed by atoms with Crippen molar-refractivity contribution in [3.05, 3.63) is 30.5 Å². The number of para-hydroxylation sites is 1. The molecule has 1 aromatic carbocycles. The highest BCUT2D eigenvalue weighted by Crippen LogP contribution is 2.28. The van der Waals surface area contributed by atoms with Crippen LogP contribution in [0.3, 0.4) is 0 Å². The van der Waals surface area contributed by atoms with Gasteiger partial charge in [0.2, 0.25) is 5.91 Å². The summed E-state index contributed by atoms with van der Waals surface area (Å²) in [6, 6.07) is 7.60. The first kappa shape index (κ1) is 24.6. The van der Waals surface area contributed by atoms with E-state index in [9.17, 15) is 9.90 Å². The Kier molecular flexibility index (Phi) is 8.90. The third kappa shape index (κ3) is 6.55. The molecule has 0 spiro atoms. The number of likely N-dealkylation sites (tertiary alicyclic amines) is 1. The molecular formula is C25H37N5O4. The van der Waals surface area contributed by atoms with Crippen LogP contribution >= 0.6 is 0 Å². The summed E-state index contributed by atoms with van der Waals surface area (Å²) in [5.41, 5.74) is 1.67. The number of aryl methyl sites for hydroxylation is 1. The zero-order valence-corrected chi connectivity index (χ0v) is 20.1. The molecule has 0 unspecified atom stereocenters. The second-order valence-electron chi connectivity index (χ2n) is 9.24. The Morgan fingerprint density at radius 3 is 2.82 bits per heavy atom. The van der Waals surface area contributed by atoms with Crippen molar-refractivity contribution in [2.24, 2.45) is 0 Å². The first-order valence-corrected chi connectivity index (χ1v) is 12.5. The molecule has 2 N–H and O–H groups in total. The van der Waals surface area contributed by atoms with Crippen molar-refractivity contribution < 1.29 is 19.4 Å². The van der Waals surface area contributed by atoms with E-state index < -0.39 is 0 Å². The molecule has 9 heteroatoms. The summed E-state index contributed by atoms with van der Waals surface area (Å²) in [5, 5.41) is 21.5. The Morgan fingerprint density at radius 2 is 2.03 bits per heavy atom. The largest absolute Gasteiger partial charge is 0.496 e. The van der Waals surface area contributed by atoms with E-state index in [0.717, 1.165) is 55.9 Å². The van der Waals surface area contributed by atoms with Crippen molar-refractivity contribution in [3.8, 4) is 17.0 Å². The van der Waals surface area contributed by atoms with Crippen LogP contribution in [0.2, 0.25) is 0 Å². The number of ether oxygens (including phenoxy) is 2. The Labute approximate surface area is 201 Å². The second kappa shape index (κ2) is 12.3. The van der Waals surface area contributed by atoms with Gasteiger partial charge in [0, 0.05) is 25.1 Å². The van der Waals surface area contributed by atoms with Crippen molar-refractivity contribution in [1.29, 1.82) is 0 Å². The summed E-state index contributed by atoms with van der Waals surface area (Å²) in [6.45, 7) is 3.55. The van der Waals surface area contributed by atoms with Gasteiger partial charge in [-0.1, -0.05) is 23.8 Å². The number of aliphatic hydroxyl groups is 1. The molecule has 186 valence electrons. The van der Waals surface area contributed by atoms with Gasteiger partial charge in [0.15, 0.2) is 0 Å². The number of carbonyl (C=O) groups excluding carboxylic acids is 1. The molecule has 2 aliphatic heterocycles. The highest BCUT2D eigenvalue weighted by atomic mass is 16.5. The average Bonchev–Trinajstić information content (AvgIpc) is 3.36. The van der Waals surface area contributed by atoms with Crippen molar-refractivity contribution in [3.63, 3.8) is 0 Å². The van der Waals surface area contributed by atoms with Crippen LogP contribution in [0.25, 0.3) is 11.3 Å². The number of benzene rings is 1. The molecule has 3 heterocycles. The lowest BCUT2D eigenvalue weighted by Crippen LogP contribution is -2.51.